The van der Waals surface area contributed by atoms with E-state index >= 15 is 0 Å². The van der Waals surface area contributed by atoms with Crippen molar-refractivity contribution in [2.24, 2.45) is 5.92 Å². The molecule has 1 aliphatic rings. The van der Waals surface area contributed by atoms with E-state index in [0.29, 0.717) is 23.7 Å². The maximum Gasteiger partial charge on any atom is 0.338 e. The van der Waals surface area contributed by atoms with E-state index in [1.807, 2.05) is 6.92 Å². The number of carboxylic acid groups (broad SMARTS) is 1. The van der Waals surface area contributed by atoms with Gasteiger partial charge < -0.3 is 15.3 Å². The molecule has 1 aromatic carbocycles. The molecule has 0 atom stereocenters. The average molecular weight is 276 g/mol. The number of carboxylic acids is 1. The number of nitrogens with zero attached hydrogens (tertiary/aromatic N) is 1. The van der Waals surface area contributed by atoms with Crippen molar-refractivity contribution >= 4 is 17.7 Å². The van der Waals surface area contributed by atoms with E-state index in [4.69, 9.17) is 0 Å². The average Bonchev–Trinajstić information content (AvgIpc) is 3.19. The first-order valence-electron chi connectivity index (χ1n) is 6.91. The Kier molecular flexibility index (Phi) is 4.27. The van der Waals surface area contributed by atoms with E-state index < -0.39 is 5.97 Å². The molecule has 2 amide bonds. The molecule has 0 saturated heterocycles. The Morgan fingerprint density at radius 1 is 1.40 bits per heavy atom. The SMILES string of the molecule is CCN(CC1CC1)C(=O)Nc1cccc(C)c1C(=O)O. The van der Waals surface area contributed by atoms with Crippen LogP contribution in [-0.4, -0.2) is 35.1 Å². The number of anilines is 1. The van der Waals surface area contributed by atoms with Crippen LogP contribution in [0.2, 0.25) is 0 Å². The largest absolute Gasteiger partial charge is 0.478 e. The maximum absolute atomic E-state index is 12.2. The highest BCUT2D eigenvalue weighted by atomic mass is 16.4. The van der Waals surface area contributed by atoms with E-state index in [9.17, 15) is 14.7 Å². The normalized spacial score (nSPS) is 13.9. The van der Waals surface area contributed by atoms with Gasteiger partial charge >= 0.3 is 12.0 Å². The van der Waals surface area contributed by atoms with Crippen LogP contribution >= 0.6 is 0 Å². The lowest BCUT2D eigenvalue weighted by Gasteiger charge is -2.22. The lowest BCUT2D eigenvalue weighted by Crippen LogP contribution is -2.36. The Balaban J connectivity index is 2.13. The summed E-state index contributed by atoms with van der Waals surface area (Å²) in [5, 5.41) is 12.0. The van der Waals surface area contributed by atoms with Crippen LogP contribution in [0.3, 0.4) is 0 Å². The Bertz CT molecular complexity index is 524. The molecule has 0 aromatic heterocycles. The molecule has 2 N–H and O–H groups in total. The van der Waals surface area contributed by atoms with E-state index in [0.717, 1.165) is 6.54 Å². The van der Waals surface area contributed by atoms with Gasteiger partial charge in [0.15, 0.2) is 0 Å². The number of hydrogen-bond donors (Lipinski definition) is 2. The zero-order valence-electron chi connectivity index (χ0n) is 11.8. The van der Waals surface area contributed by atoms with Gasteiger partial charge in [-0.3, -0.25) is 0 Å². The summed E-state index contributed by atoms with van der Waals surface area (Å²) in [6.45, 7) is 5.02. The Hall–Kier alpha value is -2.04. The second-order valence-corrected chi connectivity index (χ2v) is 5.21. The molecule has 5 nitrogen and oxygen atoms in total. The van der Waals surface area contributed by atoms with Crippen LogP contribution in [0.15, 0.2) is 18.2 Å². The van der Waals surface area contributed by atoms with Crippen molar-refractivity contribution in [3.63, 3.8) is 0 Å². The molecule has 0 unspecified atom stereocenters. The zero-order chi connectivity index (χ0) is 14.7. The second kappa shape index (κ2) is 5.94. The van der Waals surface area contributed by atoms with Crippen LogP contribution in [0, 0.1) is 12.8 Å². The van der Waals surface area contributed by atoms with E-state index in [1.165, 1.54) is 12.8 Å². The number of carbonyl (C=O) groups excluding carboxylic acids is 1. The number of urea groups is 1. The van der Waals surface area contributed by atoms with Crippen molar-refractivity contribution in [3.8, 4) is 0 Å². The van der Waals surface area contributed by atoms with Gasteiger partial charge in [-0.2, -0.15) is 0 Å². The molecule has 2 rings (SSSR count). The third-order valence-corrected chi connectivity index (χ3v) is 3.57. The molecule has 0 spiro atoms. The summed E-state index contributed by atoms with van der Waals surface area (Å²) in [6.07, 6.45) is 2.35. The lowest BCUT2D eigenvalue weighted by atomic mass is 10.1. The van der Waals surface area contributed by atoms with Crippen molar-refractivity contribution < 1.29 is 14.7 Å². The van der Waals surface area contributed by atoms with Gasteiger partial charge in [-0.15, -0.1) is 0 Å². The van der Waals surface area contributed by atoms with Crippen LogP contribution < -0.4 is 5.32 Å². The minimum atomic E-state index is -1.02. The Morgan fingerprint density at radius 2 is 2.10 bits per heavy atom. The molecule has 0 heterocycles. The smallest absolute Gasteiger partial charge is 0.338 e. The van der Waals surface area contributed by atoms with Crippen molar-refractivity contribution in [1.29, 1.82) is 0 Å². The number of aromatic carboxylic acids is 1. The van der Waals surface area contributed by atoms with Crippen molar-refractivity contribution in [3.05, 3.63) is 29.3 Å². The summed E-state index contributed by atoms with van der Waals surface area (Å²) in [5.41, 5.74) is 1.15. The summed E-state index contributed by atoms with van der Waals surface area (Å²) < 4.78 is 0. The lowest BCUT2D eigenvalue weighted by molar-refractivity contribution is 0.0697. The standard InChI is InChI=1S/C15H20N2O3/c1-3-17(9-11-7-8-11)15(20)16-12-6-4-5-10(2)13(12)14(18)19/h4-6,11H,3,7-9H2,1-2H3,(H,16,20)(H,18,19). The molecule has 1 aliphatic carbocycles. The third kappa shape index (κ3) is 3.29. The first-order valence-corrected chi connectivity index (χ1v) is 6.91. The Labute approximate surface area is 118 Å². The predicted octanol–water partition coefficient (Wildman–Crippen LogP) is 2.96. The number of benzene rings is 1. The van der Waals surface area contributed by atoms with Crippen LogP contribution in [0.25, 0.3) is 0 Å². The van der Waals surface area contributed by atoms with E-state index in [2.05, 4.69) is 5.32 Å². The van der Waals surface area contributed by atoms with Gasteiger partial charge in [0.1, 0.15) is 0 Å². The molecular weight excluding hydrogens is 256 g/mol. The van der Waals surface area contributed by atoms with Crippen molar-refractivity contribution in [2.45, 2.75) is 26.7 Å². The summed E-state index contributed by atoms with van der Waals surface area (Å²) in [4.78, 5) is 25.2. The fourth-order valence-electron chi connectivity index (χ4n) is 2.22. The molecule has 1 fully saturated rings. The molecule has 0 aliphatic heterocycles. The number of rotatable bonds is 5. The molecule has 5 heteroatoms. The van der Waals surface area contributed by atoms with Gasteiger partial charge in [0.2, 0.25) is 0 Å². The molecule has 1 saturated carbocycles. The quantitative estimate of drug-likeness (QED) is 0.868. The molecular formula is C15H20N2O3. The summed E-state index contributed by atoms with van der Waals surface area (Å²) in [7, 11) is 0. The zero-order valence-corrected chi connectivity index (χ0v) is 11.8. The maximum atomic E-state index is 12.2. The minimum absolute atomic E-state index is 0.156. The summed E-state index contributed by atoms with van der Waals surface area (Å²) >= 11 is 0. The van der Waals surface area contributed by atoms with E-state index in [-0.39, 0.29) is 11.6 Å². The van der Waals surface area contributed by atoms with Crippen LogP contribution in [-0.2, 0) is 0 Å². The monoisotopic (exact) mass is 276 g/mol. The fourth-order valence-corrected chi connectivity index (χ4v) is 2.22. The van der Waals surface area contributed by atoms with Gasteiger partial charge in [-0.25, -0.2) is 9.59 Å². The number of carbonyl (C=O) groups is 2. The topological polar surface area (TPSA) is 69.6 Å². The van der Waals surface area contributed by atoms with Gasteiger partial charge in [-0.05, 0) is 44.2 Å². The highest BCUT2D eigenvalue weighted by Crippen LogP contribution is 2.30. The Morgan fingerprint density at radius 3 is 2.65 bits per heavy atom. The molecule has 1 aromatic rings. The minimum Gasteiger partial charge on any atom is -0.478 e. The van der Waals surface area contributed by atoms with Crippen molar-refractivity contribution in [2.75, 3.05) is 18.4 Å². The number of nitrogens with one attached hydrogen (secondary N) is 1. The molecule has 0 bridgehead atoms. The summed E-state index contributed by atoms with van der Waals surface area (Å²) in [5.74, 6) is -0.416. The van der Waals surface area contributed by atoms with Gasteiger partial charge in [0, 0.05) is 13.1 Å². The number of aryl methyl sites for hydroxylation is 1. The first kappa shape index (κ1) is 14.4. The van der Waals surface area contributed by atoms with Crippen LogP contribution in [0.1, 0.15) is 35.7 Å². The highest BCUT2D eigenvalue weighted by molar-refractivity contribution is 6.01. The number of hydrogen-bond acceptors (Lipinski definition) is 2. The first-order chi connectivity index (χ1) is 9.52. The highest BCUT2D eigenvalue weighted by Gasteiger charge is 2.26. The van der Waals surface area contributed by atoms with Crippen molar-refractivity contribution in [1.82, 2.24) is 4.90 Å². The molecule has 20 heavy (non-hydrogen) atoms. The molecule has 108 valence electrons. The second-order valence-electron chi connectivity index (χ2n) is 5.21. The predicted molar refractivity (Wildman–Crippen MR) is 77.1 cm³/mol. The van der Waals surface area contributed by atoms with Crippen LogP contribution in [0.5, 0.6) is 0 Å². The summed E-state index contributed by atoms with van der Waals surface area (Å²) in [6, 6.07) is 4.86. The fraction of sp³-hybridized carbons (Fsp3) is 0.467. The third-order valence-electron chi connectivity index (χ3n) is 3.57. The van der Waals surface area contributed by atoms with Gasteiger partial charge in [0.05, 0.1) is 11.3 Å². The van der Waals surface area contributed by atoms with Gasteiger partial charge in [0.25, 0.3) is 0 Å². The van der Waals surface area contributed by atoms with E-state index in [1.54, 1.807) is 30.0 Å². The molecule has 0 radical (unpaired) electrons. The van der Waals surface area contributed by atoms with Crippen LogP contribution in [0.4, 0.5) is 10.5 Å². The number of amides is 2. The van der Waals surface area contributed by atoms with Gasteiger partial charge in [-0.1, -0.05) is 12.1 Å².